The zero-order valence-electron chi connectivity index (χ0n) is 20.0. The molecule has 3 heterocycles. The molecule has 3 aliphatic rings. The van der Waals surface area contributed by atoms with Crippen LogP contribution in [0.3, 0.4) is 0 Å². The largest absolute Gasteiger partial charge is 0.490 e. The molecule has 2 saturated heterocycles. The molecule has 186 valence electrons. The van der Waals surface area contributed by atoms with Crippen LogP contribution in [0.2, 0.25) is 0 Å². The minimum absolute atomic E-state index is 0.0119. The molecule has 0 spiro atoms. The molecule has 1 aromatic rings. The Labute approximate surface area is 200 Å². The third kappa shape index (κ3) is 5.70. The summed E-state index contributed by atoms with van der Waals surface area (Å²) < 4.78 is 17.5. The molecular formula is C25H35N3O6. The first-order valence-corrected chi connectivity index (χ1v) is 12.3. The molecule has 2 N–H and O–H groups in total. The van der Waals surface area contributed by atoms with E-state index in [9.17, 15) is 14.4 Å². The summed E-state index contributed by atoms with van der Waals surface area (Å²) in [6, 6.07) is 5.02. The molecule has 34 heavy (non-hydrogen) atoms. The van der Waals surface area contributed by atoms with Crippen molar-refractivity contribution >= 4 is 23.4 Å². The number of nitrogens with zero attached hydrogens (tertiary/aromatic N) is 1. The molecule has 0 unspecified atom stereocenters. The van der Waals surface area contributed by atoms with Gasteiger partial charge in [0.2, 0.25) is 11.8 Å². The fourth-order valence-electron chi connectivity index (χ4n) is 4.85. The number of benzene rings is 1. The van der Waals surface area contributed by atoms with Gasteiger partial charge in [-0.3, -0.25) is 14.4 Å². The lowest BCUT2D eigenvalue weighted by molar-refractivity contribution is -0.134. The Kier molecular flexibility index (Phi) is 8.05. The van der Waals surface area contributed by atoms with Crippen molar-refractivity contribution in [2.75, 3.05) is 38.7 Å². The zero-order chi connectivity index (χ0) is 24.1. The first kappa shape index (κ1) is 24.5. The highest BCUT2D eigenvalue weighted by atomic mass is 16.5. The Bertz CT molecular complexity index is 901. The lowest BCUT2D eigenvalue weighted by Gasteiger charge is -2.42. The summed E-state index contributed by atoms with van der Waals surface area (Å²) in [5.41, 5.74) is 1.00. The van der Waals surface area contributed by atoms with E-state index in [1.165, 1.54) is 0 Å². The van der Waals surface area contributed by atoms with Crippen LogP contribution in [0.15, 0.2) is 18.2 Å². The Morgan fingerprint density at radius 2 is 1.94 bits per heavy atom. The van der Waals surface area contributed by atoms with Gasteiger partial charge < -0.3 is 29.7 Å². The van der Waals surface area contributed by atoms with E-state index in [0.29, 0.717) is 62.4 Å². The molecule has 0 aliphatic carbocycles. The molecule has 3 amide bonds. The molecule has 3 aliphatic heterocycles. The molecule has 3 atom stereocenters. The van der Waals surface area contributed by atoms with Crippen LogP contribution >= 0.6 is 0 Å². The van der Waals surface area contributed by atoms with Crippen molar-refractivity contribution in [3.63, 3.8) is 0 Å². The summed E-state index contributed by atoms with van der Waals surface area (Å²) in [4.78, 5) is 39.8. The van der Waals surface area contributed by atoms with Gasteiger partial charge in [0.15, 0.2) is 0 Å². The van der Waals surface area contributed by atoms with Crippen molar-refractivity contribution in [1.82, 2.24) is 10.2 Å². The smallest absolute Gasteiger partial charge is 0.257 e. The first-order valence-electron chi connectivity index (χ1n) is 12.3. The van der Waals surface area contributed by atoms with Crippen molar-refractivity contribution in [3.8, 4) is 5.75 Å². The summed E-state index contributed by atoms with van der Waals surface area (Å²) >= 11 is 0. The third-order valence-corrected chi connectivity index (χ3v) is 6.86. The molecule has 1 aromatic carbocycles. The number of likely N-dealkylation sites (N-methyl/N-ethyl adjacent to an activating group) is 1. The second kappa shape index (κ2) is 11.2. The topological polar surface area (TPSA) is 106 Å². The molecule has 2 fully saturated rings. The highest BCUT2D eigenvalue weighted by Gasteiger charge is 2.39. The molecule has 9 nitrogen and oxygen atoms in total. The maximum atomic E-state index is 13.4. The molecule has 0 bridgehead atoms. The molecule has 0 aromatic heterocycles. The molecule has 0 saturated carbocycles. The van der Waals surface area contributed by atoms with Gasteiger partial charge in [-0.25, -0.2) is 0 Å². The maximum Gasteiger partial charge on any atom is 0.257 e. The number of rotatable bonds is 6. The van der Waals surface area contributed by atoms with Gasteiger partial charge in [-0.15, -0.1) is 0 Å². The Balaban J connectivity index is 1.43. The van der Waals surface area contributed by atoms with Gasteiger partial charge in [0.25, 0.3) is 5.91 Å². The van der Waals surface area contributed by atoms with Crippen LogP contribution in [0.5, 0.6) is 5.75 Å². The fourth-order valence-corrected chi connectivity index (χ4v) is 4.85. The third-order valence-electron chi connectivity index (χ3n) is 6.86. The zero-order valence-corrected chi connectivity index (χ0v) is 20.0. The van der Waals surface area contributed by atoms with Crippen LogP contribution in [-0.2, 0) is 19.1 Å². The number of nitrogens with one attached hydrogen (secondary N) is 2. The van der Waals surface area contributed by atoms with E-state index in [4.69, 9.17) is 14.2 Å². The summed E-state index contributed by atoms with van der Waals surface area (Å²) in [5.74, 6) is 0.149. The summed E-state index contributed by atoms with van der Waals surface area (Å²) in [6.07, 6.45) is 3.54. The van der Waals surface area contributed by atoms with E-state index >= 15 is 0 Å². The van der Waals surface area contributed by atoms with E-state index in [2.05, 4.69) is 10.6 Å². The van der Waals surface area contributed by atoms with Crippen LogP contribution < -0.4 is 15.4 Å². The van der Waals surface area contributed by atoms with E-state index in [0.717, 1.165) is 12.8 Å². The van der Waals surface area contributed by atoms with E-state index in [-0.39, 0.29) is 48.5 Å². The van der Waals surface area contributed by atoms with Gasteiger partial charge in [0.1, 0.15) is 18.5 Å². The van der Waals surface area contributed by atoms with Crippen LogP contribution in [0.25, 0.3) is 0 Å². The second-order valence-corrected chi connectivity index (χ2v) is 9.31. The Hall–Kier alpha value is -2.65. The Morgan fingerprint density at radius 1 is 1.15 bits per heavy atom. The van der Waals surface area contributed by atoms with Crippen LogP contribution in [0.4, 0.5) is 5.69 Å². The van der Waals surface area contributed by atoms with E-state index in [1.54, 1.807) is 30.1 Å². The number of ether oxygens (including phenoxy) is 3. The number of anilines is 1. The van der Waals surface area contributed by atoms with Crippen molar-refractivity contribution < 1.29 is 28.6 Å². The first-order chi connectivity index (χ1) is 16.5. The average Bonchev–Trinajstić information content (AvgIpc) is 2.85. The Morgan fingerprint density at radius 3 is 2.71 bits per heavy atom. The van der Waals surface area contributed by atoms with Crippen molar-refractivity contribution in [3.05, 3.63) is 23.8 Å². The van der Waals surface area contributed by atoms with Crippen LogP contribution in [0.1, 0.15) is 55.8 Å². The van der Waals surface area contributed by atoms with Gasteiger partial charge in [-0.2, -0.15) is 0 Å². The predicted molar refractivity (Wildman–Crippen MR) is 126 cm³/mol. The van der Waals surface area contributed by atoms with Crippen LogP contribution in [0, 0.1) is 5.92 Å². The summed E-state index contributed by atoms with van der Waals surface area (Å²) in [6.45, 7) is 4.15. The predicted octanol–water partition coefficient (Wildman–Crippen LogP) is 2.35. The SMILES string of the molecule is CCCNC(=O)C[C@H]1CC[C@@H]2[C@H](COc3ccc(NC(=O)C4CCOCC4)cc3C(=O)N2C)O1. The summed E-state index contributed by atoms with van der Waals surface area (Å²) in [7, 11) is 1.78. The fraction of sp³-hybridized carbons (Fsp3) is 0.640. The van der Waals surface area contributed by atoms with Gasteiger partial charge in [-0.05, 0) is 50.3 Å². The number of hydrogen-bond acceptors (Lipinski definition) is 6. The number of carbonyl (C=O) groups is 3. The minimum Gasteiger partial charge on any atom is -0.490 e. The minimum atomic E-state index is -0.312. The normalized spacial score (nSPS) is 25.3. The average molecular weight is 474 g/mol. The number of amides is 3. The van der Waals surface area contributed by atoms with Crippen molar-refractivity contribution in [1.29, 1.82) is 0 Å². The lowest BCUT2D eigenvalue weighted by atomic mass is 9.94. The van der Waals surface area contributed by atoms with Gasteiger partial charge in [-0.1, -0.05) is 6.92 Å². The lowest BCUT2D eigenvalue weighted by Crippen LogP contribution is -2.54. The number of hydrogen-bond donors (Lipinski definition) is 2. The van der Waals surface area contributed by atoms with Gasteiger partial charge >= 0.3 is 0 Å². The highest BCUT2D eigenvalue weighted by molar-refractivity contribution is 6.00. The van der Waals surface area contributed by atoms with Crippen LogP contribution in [-0.4, -0.2) is 74.3 Å². The molecular weight excluding hydrogens is 438 g/mol. The molecule has 9 heteroatoms. The molecule has 0 radical (unpaired) electrons. The summed E-state index contributed by atoms with van der Waals surface area (Å²) in [5, 5.41) is 5.84. The van der Waals surface area contributed by atoms with Crippen molar-refractivity contribution in [2.24, 2.45) is 5.92 Å². The van der Waals surface area contributed by atoms with E-state index in [1.807, 2.05) is 6.92 Å². The van der Waals surface area contributed by atoms with E-state index < -0.39 is 0 Å². The second-order valence-electron chi connectivity index (χ2n) is 9.31. The maximum absolute atomic E-state index is 13.4. The standard InChI is InChI=1S/C25H35N3O6/c1-3-10-26-23(29)14-18-5-6-20-22(34-18)15-33-21-7-4-17(13-19(21)25(31)28(20)2)27-24(30)16-8-11-32-12-9-16/h4,7,13,16,18,20,22H,3,5-6,8-12,14-15H2,1-2H3,(H,26,29)(H,27,30)/t18-,20-,22+/m1/s1. The quantitative estimate of drug-likeness (QED) is 0.657. The highest BCUT2D eigenvalue weighted by Crippen LogP contribution is 2.32. The van der Waals surface area contributed by atoms with Gasteiger partial charge in [0.05, 0.1) is 24.1 Å². The van der Waals surface area contributed by atoms with Crippen molar-refractivity contribution in [2.45, 2.75) is 63.7 Å². The number of carbonyl (C=O) groups excluding carboxylic acids is 3. The molecule has 4 rings (SSSR count). The van der Waals surface area contributed by atoms with Gasteiger partial charge in [0, 0.05) is 38.4 Å². The number of fused-ring (bicyclic) bond motifs is 2. The monoisotopic (exact) mass is 473 g/mol.